The van der Waals surface area contributed by atoms with Gasteiger partial charge in [0.25, 0.3) is 0 Å². The molecule has 3 rings (SSSR count). The molecule has 2 aromatic rings. The van der Waals surface area contributed by atoms with Crippen LogP contribution in [0.5, 0.6) is 0 Å². The van der Waals surface area contributed by atoms with Crippen molar-refractivity contribution in [3.8, 4) is 0 Å². The molecule has 0 aliphatic carbocycles. The Labute approximate surface area is 125 Å². The Morgan fingerprint density at radius 2 is 2.14 bits per heavy atom. The van der Waals surface area contributed by atoms with Crippen molar-refractivity contribution in [2.24, 2.45) is 5.73 Å². The molecular weight excluding hydrogens is 288 g/mol. The fourth-order valence-corrected chi connectivity index (χ4v) is 3.24. The molecule has 1 amide bonds. The van der Waals surface area contributed by atoms with Crippen LogP contribution in [0, 0.1) is 0 Å². The lowest BCUT2D eigenvalue weighted by Crippen LogP contribution is -2.37. The van der Waals surface area contributed by atoms with E-state index < -0.39 is 12.0 Å². The van der Waals surface area contributed by atoms with E-state index in [1.165, 1.54) is 17.4 Å². The molecule has 1 atom stereocenters. The Kier molecular flexibility index (Phi) is 3.48. The number of thiophene rings is 1. The minimum absolute atomic E-state index is 0.153. The van der Waals surface area contributed by atoms with E-state index in [9.17, 15) is 9.59 Å². The van der Waals surface area contributed by atoms with Crippen LogP contribution in [0.2, 0.25) is 0 Å². The molecule has 0 saturated heterocycles. The highest BCUT2D eigenvalue weighted by atomic mass is 32.1. The van der Waals surface area contributed by atoms with Crippen molar-refractivity contribution in [2.45, 2.75) is 12.5 Å². The number of rotatable bonds is 3. The van der Waals surface area contributed by atoms with Crippen LogP contribution in [0.1, 0.15) is 26.8 Å². The first-order valence-corrected chi connectivity index (χ1v) is 7.42. The molecule has 21 heavy (non-hydrogen) atoms. The number of anilines is 1. The van der Waals surface area contributed by atoms with E-state index in [2.05, 4.69) is 0 Å². The fourth-order valence-electron chi connectivity index (χ4n) is 2.52. The van der Waals surface area contributed by atoms with E-state index in [1.54, 1.807) is 17.0 Å². The molecule has 1 aromatic heterocycles. The van der Waals surface area contributed by atoms with Gasteiger partial charge in [0.05, 0.1) is 5.56 Å². The molecule has 0 spiro atoms. The van der Waals surface area contributed by atoms with Gasteiger partial charge in [-0.25, -0.2) is 4.79 Å². The minimum atomic E-state index is -0.960. The molecule has 108 valence electrons. The zero-order valence-corrected chi connectivity index (χ0v) is 12.0. The topological polar surface area (TPSA) is 83.6 Å². The largest absolute Gasteiger partial charge is 0.478 e. The zero-order chi connectivity index (χ0) is 15.0. The lowest BCUT2D eigenvalue weighted by atomic mass is 10.1. The van der Waals surface area contributed by atoms with Gasteiger partial charge < -0.3 is 15.7 Å². The van der Waals surface area contributed by atoms with Crippen LogP contribution in [0.25, 0.3) is 0 Å². The maximum atomic E-state index is 12.5. The molecule has 1 aliphatic heterocycles. The van der Waals surface area contributed by atoms with E-state index in [0.29, 0.717) is 13.0 Å². The lowest BCUT2D eigenvalue weighted by molar-refractivity contribution is -0.119. The third kappa shape index (κ3) is 2.43. The first kappa shape index (κ1) is 13.8. The number of hydrogen-bond acceptors (Lipinski definition) is 4. The summed E-state index contributed by atoms with van der Waals surface area (Å²) in [6, 6.07) is 7.87. The monoisotopic (exact) mass is 302 g/mol. The summed E-state index contributed by atoms with van der Waals surface area (Å²) in [7, 11) is 0. The van der Waals surface area contributed by atoms with Crippen LogP contribution < -0.4 is 10.6 Å². The molecule has 0 saturated carbocycles. The van der Waals surface area contributed by atoms with E-state index >= 15 is 0 Å². The Morgan fingerprint density at radius 1 is 1.33 bits per heavy atom. The van der Waals surface area contributed by atoms with E-state index in [0.717, 1.165) is 16.1 Å². The molecule has 3 N–H and O–H groups in total. The number of nitrogens with two attached hydrogens (primary N) is 1. The summed E-state index contributed by atoms with van der Waals surface area (Å²) >= 11 is 1.46. The maximum absolute atomic E-state index is 12.5. The number of nitrogens with zero attached hydrogens (tertiary/aromatic N) is 1. The first-order chi connectivity index (χ1) is 10.1. The normalized spacial score (nSPS) is 14.8. The molecule has 0 radical (unpaired) electrons. The van der Waals surface area contributed by atoms with Crippen LogP contribution in [0.4, 0.5) is 5.69 Å². The number of carboxylic acid groups (broad SMARTS) is 1. The highest BCUT2D eigenvalue weighted by Gasteiger charge is 2.30. The molecule has 6 heteroatoms. The van der Waals surface area contributed by atoms with Gasteiger partial charge in [0, 0.05) is 17.1 Å². The van der Waals surface area contributed by atoms with Crippen LogP contribution in [0.3, 0.4) is 0 Å². The van der Waals surface area contributed by atoms with Gasteiger partial charge >= 0.3 is 5.97 Å². The summed E-state index contributed by atoms with van der Waals surface area (Å²) in [5, 5.41) is 10.9. The van der Waals surface area contributed by atoms with Gasteiger partial charge in [-0.15, -0.1) is 11.3 Å². The minimum Gasteiger partial charge on any atom is -0.478 e. The zero-order valence-electron chi connectivity index (χ0n) is 11.2. The number of hydrogen-bond donors (Lipinski definition) is 2. The summed E-state index contributed by atoms with van der Waals surface area (Å²) < 4.78 is 0. The summed E-state index contributed by atoms with van der Waals surface area (Å²) in [6.07, 6.45) is 0.652. The first-order valence-electron chi connectivity index (χ1n) is 6.54. The summed E-state index contributed by atoms with van der Waals surface area (Å²) in [5.41, 5.74) is 7.90. The molecule has 5 nitrogen and oxygen atoms in total. The number of benzene rings is 1. The number of carbonyl (C=O) groups excluding carboxylic acids is 1. The standard InChI is InChI=1S/C15H14N2O3S/c16-13(12-2-1-7-21-12)14(18)17-6-5-9-8-10(15(19)20)3-4-11(9)17/h1-4,7-8,13H,5-6,16H2,(H,19,20). The Morgan fingerprint density at radius 3 is 2.81 bits per heavy atom. The second-order valence-electron chi connectivity index (χ2n) is 4.88. The SMILES string of the molecule is NC(C(=O)N1CCc2cc(C(=O)O)ccc21)c1cccs1. The van der Waals surface area contributed by atoms with Crippen molar-refractivity contribution >= 4 is 28.9 Å². The third-order valence-electron chi connectivity index (χ3n) is 3.60. The number of aromatic carboxylic acids is 1. The molecule has 2 heterocycles. The van der Waals surface area contributed by atoms with Crippen LogP contribution in [-0.2, 0) is 11.2 Å². The second kappa shape index (κ2) is 5.31. The smallest absolute Gasteiger partial charge is 0.335 e. The summed E-state index contributed by atoms with van der Waals surface area (Å²) in [4.78, 5) is 26.0. The van der Waals surface area contributed by atoms with Crippen LogP contribution >= 0.6 is 11.3 Å². The number of carbonyl (C=O) groups is 2. The van der Waals surface area contributed by atoms with Crippen molar-refractivity contribution in [2.75, 3.05) is 11.4 Å². The fraction of sp³-hybridized carbons (Fsp3) is 0.200. The number of amides is 1. The molecular formula is C15H14N2O3S. The van der Waals surface area contributed by atoms with Gasteiger partial charge in [-0.3, -0.25) is 4.79 Å². The number of fused-ring (bicyclic) bond motifs is 1. The summed E-state index contributed by atoms with van der Waals surface area (Å²) in [5.74, 6) is -1.11. The quantitative estimate of drug-likeness (QED) is 0.908. The van der Waals surface area contributed by atoms with E-state index in [4.69, 9.17) is 10.8 Å². The molecule has 0 bridgehead atoms. The molecule has 1 unspecified atom stereocenters. The molecule has 0 fully saturated rings. The van der Waals surface area contributed by atoms with Crippen molar-refractivity contribution in [1.82, 2.24) is 0 Å². The Bertz CT molecular complexity index is 697. The summed E-state index contributed by atoms with van der Waals surface area (Å²) in [6.45, 7) is 0.538. The number of carboxylic acids is 1. The van der Waals surface area contributed by atoms with Crippen molar-refractivity contribution in [1.29, 1.82) is 0 Å². The van der Waals surface area contributed by atoms with Crippen molar-refractivity contribution < 1.29 is 14.7 Å². The van der Waals surface area contributed by atoms with Gasteiger partial charge in [0.1, 0.15) is 6.04 Å². The van der Waals surface area contributed by atoms with Crippen molar-refractivity contribution in [3.63, 3.8) is 0 Å². The highest BCUT2D eigenvalue weighted by molar-refractivity contribution is 7.10. The van der Waals surface area contributed by atoms with Gasteiger partial charge in [-0.2, -0.15) is 0 Å². The maximum Gasteiger partial charge on any atom is 0.335 e. The predicted octanol–water partition coefficient (Wildman–Crippen LogP) is 2.04. The average Bonchev–Trinajstić information content (AvgIpc) is 3.14. The lowest BCUT2D eigenvalue weighted by Gasteiger charge is -2.21. The Hall–Kier alpha value is -2.18. The van der Waals surface area contributed by atoms with Crippen LogP contribution in [-0.4, -0.2) is 23.5 Å². The highest BCUT2D eigenvalue weighted by Crippen LogP contribution is 2.31. The third-order valence-corrected chi connectivity index (χ3v) is 4.56. The van der Waals surface area contributed by atoms with Gasteiger partial charge in [0.15, 0.2) is 0 Å². The van der Waals surface area contributed by atoms with Gasteiger partial charge in [0.2, 0.25) is 5.91 Å². The predicted molar refractivity (Wildman–Crippen MR) is 80.7 cm³/mol. The van der Waals surface area contributed by atoms with Crippen LogP contribution in [0.15, 0.2) is 35.7 Å². The van der Waals surface area contributed by atoms with Crippen molar-refractivity contribution in [3.05, 3.63) is 51.7 Å². The van der Waals surface area contributed by atoms with E-state index in [-0.39, 0.29) is 11.5 Å². The van der Waals surface area contributed by atoms with E-state index in [1.807, 2.05) is 17.5 Å². The van der Waals surface area contributed by atoms with Gasteiger partial charge in [-0.1, -0.05) is 6.07 Å². The molecule has 1 aliphatic rings. The second-order valence-corrected chi connectivity index (χ2v) is 5.86. The van der Waals surface area contributed by atoms with Gasteiger partial charge in [-0.05, 0) is 41.6 Å². The molecule has 1 aromatic carbocycles. The Balaban J connectivity index is 1.87. The average molecular weight is 302 g/mol.